The number of rotatable bonds is 10. The number of nitrogens with one attached hydrogen (secondary N) is 1. The van der Waals surface area contributed by atoms with E-state index in [0.717, 1.165) is 9.87 Å². The van der Waals surface area contributed by atoms with Crippen LogP contribution < -0.4 is 14.9 Å². The van der Waals surface area contributed by atoms with Gasteiger partial charge in [0.25, 0.3) is 5.91 Å². The van der Waals surface area contributed by atoms with Gasteiger partial charge in [-0.3, -0.25) is 4.79 Å². The molecular formula is C25H27N3O5S. The zero-order chi connectivity index (χ0) is 24.6. The number of hydrogen-bond acceptors (Lipinski definition) is 6. The molecule has 178 valence electrons. The third-order valence-electron chi connectivity index (χ3n) is 4.99. The van der Waals surface area contributed by atoms with Gasteiger partial charge in [-0.2, -0.15) is 9.41 Å². The van der Waals surface area contributed by atoms with Gasteiger partial charge in [-0.25, -0.2) is 13.8 Å². The van der Waals surface area contributed by atoms with E-state index < -0.39 is 22.5 Å². The van der Waals surface area contributed by atoms with Gasteiger partial charge in [-0.05, 0) is 48.4 Å². The summed E-state index contributed by atoms with van der Waals surface area (Å²) in [4.78, 5) is 12.4. The van der Waals surface area contributed by atoms with Crippen molar-refractivity contribution >= 4 is 22.1 Å². The van der Waals surface area contributed by atoms with E-state index in [9.17, 15) is 13.2 Å². The molecule has 0 aliphatic carbocycles. The number of benzene rings is 3. The molecule has 8 nitrogen and oxygen atoms in total. The summed E-state index contributed by atoms with van der Waals surface area (Å²) in [5.74, 6) is 0.621. The lowest BCUT2D eigenvalue weighted by atomic mass is 10.2. The summed E-state index contributed by atoms with van der Waals surface area (Å²) in [7, 11) is -1.00. The fourth-order valence-corrected chi connectivity index (χ4v) is 4.35. The van der Waals surface area contributed by atoms with Crippen LogP contribution in [-0.2, 0) is 21.4 Å². The Kier molecular flexibility index (Phi) is 8.39. The highest BCUT2D eigenvalue weighted by molar-refractivity contribution is 7.89. The molecule has 3 rings (SSSR count). The third kappa shape index (κ3) is 6.43. The Morgan fingerprint density at radius 1 is 1.03 bits per heavy atom. The average molecular weight is 482 g/mol. The molecule has 3 aromatic carbocycles. The Morgan fingerprint density at radius 2 is 1.74 bits per heavy atom. The average Bonchev–Trinajstić information content (AvgIpc) is 2.84. The number of carbonyl (C=O) groups excluding carboxylic acids is 1. The molecule has 0 aromatic heterocycles. The maximum atomic E-state index is 12.8. The van der Waals surface area contributed by atoms with Crippen molar-refractivity contribution < 1.29 is 22.7 Å². The first-order valence-electron chi connectivity index (χ1n) is 10.5. The summed E-state index contributed by atoms with van der Waals surface area (Å²) in [6.45, 7) is 1.75. The van der Waals surface area contributed by atoms with Crippen LogP contribution in [0.15, 0.2) is 82.8 Å². The van der Waals surface area contributed by atoms with Gasteiger partial charge in [-0.15, -0.1) is 0 Å². The first-order valence-corrected chi connectivity index (χ1v) is 11.9. The number of amides is 1. The van der Waals surface area contributed by atoms with E-state index in [-0.39, 0.29) is 4.90 Å². The molecule has 0 fully saturated rings. The number of sulfonamides is 1. The lowest BCUT2D eigenvalue weighted by molar-refractivity contribution is -0.121. The highest BCUT2D eigenvalue weighted by Gasteiger charge is 2.23. The molecule has 0 unspecified atom stereocenters. The van der Waals surface area contributed by atoms with Crippen molar-refractivity contribution in [3.63, 3.8) is 0 Å². The van der Waals surface area contributed by atoms with Crippen molar-refractivity contribution in [2.45, 2.75) is 18.4 Å². The Bertz CT molecular complexity index is 1260. The van der Waals surface area contributed by atoms with Crippen molar-refractivity contribution in [3.8, 4) is 11.5 Å². The van der Waals surface area contributed by atoms with Crippen molar-refractivity contribution in [1.29, 1.82) is 0 Å². The highest BCUT2D eigenvalue weighted by Crippen LogP contribution is 2.23. The number of methoxy groups -OCH3 is 1. The predicted octanol–water partition coefficient (Wildman–Crippen LogP) is 3.35. The molecule has 0 saturated carbocycles. The number of hydrazone groups is 1. The fourth-order valence-electron chi connectivity index (χ4n) is 3.14. The number of aryl methyl sites for hydroxylation is 1. The second-order valence-electron chi connectivity index (χ2n) is 7.50. The Balaban J connectivity index is 1.59. The van der Waals surface area contributed by atoms with E-state index in [1.807, 2.05) is 48.5 Å². The van der Waals surface area contributed by atoms with Gasteiger partial charge < -0.3 is 9.47 Å². The topological polar surface area (TPSA) is 97.3 Å². The lowest BCUT2D eigenvalue weighted by Gasteiger charge is -2.17. The van der Waals surface area contributed by atoms with Crippen LogP contribution in [-0.4, -0.2) is 45.5 Å². The summed E-state index contributed by atoms with van der Waals surface area (Å²) >= 11 is 0. The predicted molar refractivity (Wildman–Crippen MR) is 130 cm³/mol. The number of likely N-dealkylation sites (N-methyl/N-ethyl adjacent to an activating group) is 1. The van der Waals surface area contributed by atoms with Crippen LogP contribution >= 0.6 is 0 Å². The lowest BCUT2D eigenvalue weighted by Crippen LogP contribution is -2.36. The van der Waals surface area contributed by atoms with Crippen LogP contribution in [0.25, 0.3) is 0 Å². The molecule has 0 spiro atoms. The van der Waals surface area contributed by atoms with E-state index in [1.54, 1.807) is 19.1 Å². The van der Waals surface area contributed by atoms with E-state index in [4.69, 9.17) is 9.47 Å². The summed E-state index contributed by atoms with van der Waals surface area (Å²) in [5, 5.41) is 3.96. The van der Waals surface area contributed by atoms with Gasteiger partial charge in [0, 0.05) is 12.6 Å². The van der Waals surface area contributed by atoms with Gasteiger partial charge in [0.2, 0.25) is 10.0 Å². The number of carbonyl (C=O) groups is 1. The summed E-state index contributed by atoms with van der Waals surface area (Å²) in [6.07, 6.45) is 1.46. The summed E-state index contributed by atoms with van der Waals surface area (Å²) in [6, 6.07) is 21.6. The molecule has 0 atom stereocenters. The molecule has 1 N–H and O–H groups in total. The third-order valence-corrected chi connectivity index (χ3v) is 6.79. The quantitative estimate of drug-likeness (QED) is 0.354. The molecule has 9 heteroatoms. The molecule has 0 aliphatic rings. The Morgan fingerprint density at radius 3 is 2.44 bits per heavy atom. The van der Waals surface area contributed by atoms with E-state index in [1.165, 1.54) is 32.5 Å². The second kappa shape index (κ2) is 11.4. The number of para-hydroxylation sites is 1. The zero-order valence-electron chi connectivity index (χ0n) is 19.3. The first-order chi connectivity index (χ1) is 16.3. The molecule has 1 amide bonds. The molecule has 0 saturated heterocycles. The normalized spacial score (nSPS) is 11.5. The summed E-state index contributed by atoms with van der Waals surface area (Å²) < 4.78 is 37.6. The van der Waals surface area contributed by atoms with Gasteiger partial charge in [0.15, 0.2) is 0 Å². The molecule has 0 aliphatic heterocycles. The Hall–Kier alpha value is -3.69. The van der Waals surface area contributed by atoms with Crippen molar-refractivity contribution in [3.05, 3.63) is 89.5 Å². The van der Waals surface area contributed by atoms with Gasteiger partial charge in [0.05, 0.1) is 24.8 Å². The molecule has 3 aromatic rings. The monoisotopic (exact) mass is 481 g/mol. The van der Waals surface area contributed by atoms with Gasteiger partial charge in [-0.1, -0.05) is 42.5 Å². The molecule has 0 radical (unpaired) electrons. The first kappa shape index (κ1) is 24.9. The minimum Gasteiger partial charge on any atom is -0.496 e. The van der Waals surface area contributed by atoms with Crippen LogP contribution in [0.1, 0.15) is 16.7 Å². The van der Waals surface area contributed by atoms with Gasteiger partial charge >= 0.3 is 0 Å². The maximum Gasteiger partial charge on any atom is 0.255 e. The molecule has 0 heterocycles. The van der Waals surface area contributed by atoms with Crippen LogP contribution in [0.4, 0.5) is 0 Å². The van der Waals surface area contributed by atoms with Crippen LogP contribution in [0, 0.1) is 6.92 Å². The number of ether oxygens (including phenoxy) is 2. The standard InChI is InChI=1S/C25H27N3O5S/c1-19-15-22(13-14-23(19)32-3)34(30,31)28(2)17-25(29)27-26-16-21-11-7-8-12-24(21)33-18-20-9-5-4-6-10-20/h4-16H,17-18H2,1-3H3,(H,27,29). The van der Waals surface area contributed by atoms with Gasteiger partial charge in [0.1, 0.15) is 18.1 Å². The largest absolute Gasteiger partial charge is 0.496 e. The minimum absolute atomic E-state index is 0.0779. The van der Waals surface area contributed by atoms with Crippen LogP contribution in [0.5, 0.6) is 11.5 Å². The fraction of sp³-hybridized carbons (Fsp3) is 0.200. The smallest absolute Gasteiger partial charge is 0.255 e. The summed E-state index contributed by atoms with van der Waals surface area (Å²) in [5.41, 5.74) is 4.75. The molecule has 0 bridgehead atoms. The van der Waals surface area contributed by atoms with E-state index in [2.05, 4.69) is 10.5 Å². The Labute approximate surface area is 199 Å². The van der Waals surface area contributed by atoms with E-state index in [0.29, 0.717) is 29.2 Å². The minimum atomic E-state index is -3.85. The SMILES string of the molecule is COc1ccc(S(=O)(=O)N(C)CC(=O)NN=Cc2ccccc2OCc2ccccc2)cc1C. The maximum absolute atomic E-state index is 12.8. The molecule has 34 heavy (non-hydrogen) atoms. The van der Waals surface area contributed by atoms with E-state index >= 15 is 0 Å². The molecular weight excluding hydrogens is 454 g/mol. The number of hydrogen-bond donors (Lipinski definition) is 1. The van der Waals surface area contributed by atoms with Crippen LogP contribution in [0.3, 0.4) is 0 Å². The number of nitrogens with zero attached hydrogens (tertiary/aromatic N) is 2. The van der Waals surface area contributed by atoms with Crippen molar-refractivity contribution in [2.75, 3.05) is 20.7 Å². The van der Waals surface area contributed by atoms with Crippen LogP contribution in [0.2, 0.25) is 0 Å². The van der Waals surface area contributed by atoms with Crippen molar-refractivity contribution in [2.24, 2.45) is 5.10 Å². The zero-order valence-corrected chi connectivity index (χ0v) is 20.1. The van der Waals surface area contributed by atoms with Crippen molar-refractivity contribution in [1.82, 2.24) is 9.73 Å². The second-order valence-corrected chi connectivity index (χ2v) is 9.54. The highest BCUT2D eigenvalue weighted by atomic mass is 32.2.